The van der Waals surface area contributed by atoms with Gasteiger partial charge in [-0.15, -0.1) is 11.3 Å². The molecule has 0 N–H and O–H groups in total. The van der Waals surface area contributed by atoms with Crippen LogP contribution in [0.2, 0.25) is 0 Å². The predicted molar refractivity (Wildman–Crippen MR) is 95.1 cm³/mol. The Labute approximate surface area is 150 Å². The maximum absolute atomic E-state index is 12.6. The van der Waals surface area contributed by atoms with E-state index in [0.29, 0.717) is 25.4 Å². The molecule has 1 aromatic carbocycles. The number of thiazole rings is 1. The van der Waals surface area contributed by atoms with Gasteiger partial charge in [0.2, 0.25) is 0 Å². The fraction of sp³-hybridized carbons (Fsp3) is 0.333. The van der Waals surface area contributed by atoms with E-state index in [1.54, 1.807) is 5.38 Å². The molecule has 7 heteroatoms. The van der Waals surface area contributed by atoms with Crippen LogP contribution in [0.5, 0.6) is 5.75 Å². The Morgan fingerprint density at radius 3 is 2.40 bits per heavy atom. The van der Waals surface area contributed by atoms with Crippen molar-refractivity contribution >= 4 is 17.2 Å². The van der Waals surface area contributed by atoms with Gasteiger partial charge >= 0.3 is 0 Å². The van der Waals surface area contributed by atoms with Gasteiger partial charge in [0.1, 0.15) is 16.5 Å². The molecule has 0 radical (unpaired) electrons. The van der Waals surface area contributed by atoms with E-state index in [1.807, 2.05) is 43.3 Å². The van der Waals surface area contributed by atoms with Crippen LogP contribution >= 0.6 is 11.3 Å². The second-order valence-electron chi connectivity index (χ2n) is 5.10. The van der Waals surface area contributed by atoms with Gasteiger partial charge in [-0.2, -0.15) is 10.5 Å². The summed E-state index contributed by atoms with van der Waals surface area (Å²) in [5, 5.41) is 19.9. The number of carbonyl (C=O) groups is 1. The van der Waals surface area contributed by atoms with Crippen LogP contribution < -0.4 is 4.74 Å². The molecule has 0 aliphatic rings. The van der Waals surface area contributed by atoms with Gasteiger partial charge in [-0.05, 0) is 31.2 Å². The van der Waals surface area contributed by atoms with Gasteiger partial charge in [-0.1, -0.05) is 0 Å². The molecule has 0 fully saturated rings. The highest BCUT2D eigenvalue weighted by Gasteiger charge is 2.18. The van der Waals surface area contributed by atoms with Crippen molar-refractivity contribution in [1.29, 1.82) is 10.5 Å². The minimum atomic E-state index is -0.251. The van der Waals surface area contributed by atoms with Gasteiger partial charge in [0.15, 0.2) is 0 Å². The van der Waals surface area contributed by atoms with E-state index in [-0.39, 0.29) is 18.7 Å². The Morgan fingerprint density at radius 1 is 1.20 bits per heavy atom. The molecule has 0 bridgehead atoms. The van der Waals surface area contributed by atoms with Crippen LogP contribution in [-0.4, -0.2) is 35.5 Å². The first-order valence-electron chi connectivity index (χ1n) is 7.91. The minimum Gasteiger partial charge on any atom is -0.494 e. The van der Waals surface area contributed by atoms with Crippen molar-refractivity contribution in [1.82, 2.24) is 9.88 Å². The molecule has 0 aliphatic heterocycles. The number of hydrogen-bond acceptors (Lipinski definition) is 6. The SMILES string of the molecule is CCOc1ccc(-c2nc(C(=O)N(CCC#N)CCC#N)cs2)cc1. The third-order valence-corrected chi connectivity index (χ3v) is 4.30. The molecular weight excluding hydrogens is 336 g/mol. The molecule has 6 nitrogen and oxygen atoms in total. The smallest absolute Gasteiger partial charge is 0.273 e. The summed E-state index contributed by atoms with van der Waals surface area (Å²) in [5.41, 5.74) is 1.25. The summed E-state index contributed by atoms with van der Waals surface area (Å²) in [6, 6.07) is 11.6. The molecule has 0 saturated carbocycles. The molecule has 2 aromatic rings. The fourth-order valence-corrected chi connectivity index (χ4v) is 3.01. The molecular formula is C18H18N4O2S. The summed E-state index contributed by atoms with van der Waals surface area (Å²) in [5.74, 6) is 0.539. The average Bonchev–Trinajstić information content (AvgIpc) is 3.12. The van der Waals surface area contributed by atoms with E-state index < -0.39 is 0 Å². The van der Waals surface area contributed by atoms with Gasteiger partial charge in [0, 0.05) is 24.0 Å². The standard InChI is InChI=1S/C18H18N4O2S/c1-2-24-15-7-5-14(6-8-15)17-21-16(13-25-17)18(23)22(11-3-9-19)12-4-10-20/h5-8,13H,2-4,11-12H2,1H3. The average molecular weight is 354 g/mol. The van der Waals surface area contributed by atoms with Crippen LogP contribution in [0.3, 0.4) is 0 Å². The van der Waals surface area contributed by atoms with E-state index >= 15 is 0 Å². The van der Waals surface area contributed by atoms with Gasteiger partial charge in [0.25, 0.3) is 5.91 Å². The number of nitriles is 2. The molecule has 0 spiro atoms. The van der Waals surface area contributed by atoms with Crippen LogP contribution in [0.1, 0.15) is 30.3 Å². The molecule has 0 saturated heterocycles. The van der Waals surface area contributed by atoms with Crippen molar-refractivity contribution in [3.63, 3.8) is 0 Å². The highest BCUT2D eigenvalue weighted by molar-refractivity contribution is 7.13. The minimum absolute atomic E-state index is 0.229. The molecule has 1 heterocycles. The summed E-state index contributed by atoms with van der Waals surface area (Å²) >= 11 is 1.39. The van der Waals surface area contributed by atoms with Crippen molar-refractivity contribution in [2.45, 2.75) is 19.8 Å². The molecule has 2 rings (SSSR count). The van der Waals surface area contributed by atoms with E-state index in [4.69, 9.17) is 15.3 Å². The molecule has 0 atom stereocenters. The Morgan fingerprint density at radius 2 is 1.84 bits per heavy atom. The first kappa shape index (κ1) is 18.4. The number of ether oxygens (including phenoxy) is 1. The number of aromatic nitrogens is 1. The third kappa shape index (κ3) is 5.03. The molecule has 0 aliphatic carbocycles. The Bertz CT molecular complexity index is 769. The molecule has 1 amide bonds. The Hall–Kier alpha value is -2.90. The number of hydrogen-bond donors (Lipinski definition) is 0. The second-order valence-corrected chi connectivity index (χ2v) is 5.96. The summed E-state index contributed by atoms with van der Waals surface area (Å²) < 4.78 is 5.42. The van der Waals surface area contributed by atoms with E-state index in [2.05, 4.69) is 4.98 Å². The lowest BCUT2D eigenvalue weighted by molar-refractivity contribution is 0.0757. The van der Waals surface area contributed by atoms with Gasteiger partial charge in [-0.3, -0.25) is 4.79 Å². The van der Waals surface area contributed by atoms with Crippen molar-refractivity contribution < 1.29 is 9.53 Å². The largest absolute Gasteiger partial charge is 0.494 e. The maximum atomic E-state index is 12.6. The number of nitrogens with zero attached hydrogens (tertiary/aromatic N) is 4. The Balaban J connectivity index is 2.13. The summed E-state index contributed by atoms with van der Waals surface area (Å²) in [6.07, 6.45) is 0.458. The van der Waals surface area contributed by atoms with Gasteiger partial charge < -0.3 is 9.64 Å². The number of rotatable bonds is 8. The second kappa shape index (κ2) is 9.41. The quantitative estimate of drug-likeness (QED) is 0.724. The molecule has 25 heavy (non-hydrogen) atoms. The highest BCUT2D eigenvalue weighted by atomic mass is 32.1. The number of carbonyl (C=O) groups excluding carboxylic acids is 1. The predicted octanol–water partition coefficient (Wildman–Crippen LogP) is 3.48. The molecule has 0 unspecified atom stereocenters. The van der Waals surface area contributed by atoms with Crippen LogP contribution in [-0.2, 0) is 0 Å². The van der Waals surface area contributed by atoms with E-state index in [9.17, 15) is 4.79 Å². The third-order valence-electron chi connectivity index (χ3n) is 3.41. The first-order valence-corrected chi connectivity index (χ1v) is 8.79. The summed E-state index contributed by atoms with van der Waals surface area (Å²) in [7, 11) is 0. The van der Waals surface area contributed by atoms with Crippen LogP contribution in [0.4, 0.5) is 0 Å². The topological polar surface area (TPSA) is 90.0 Å². The van der Waals surface area contributed by atoms with Crippen molar-refractivity contribution in [3.05, 3.63) is 35.3 Å². The lowest BCUT2D eigenvalue weighted by Crippen LogP contribution is -2.33. The summed E-state index contributed by atoms with van der Waals surface area (Å²) in [4.78, 5) is 18.5. The number of amides is 1. The zero-order valence-corrected chi connectivity index (χ0v) is 14.8. The normalized spacial score (nSPS) is 9.88. The zero-order valence-electron chi connectivity index (χ0n) is 13.9. The Kier molecular flexibility index (Phi) is 6.94. The maximum Gasteiger partial charge on any atom is 0.273 e. The summed E-state index contributed by atoms with van der Waals surface area (Å²) in [6.45, 7) is 3.13. The molecule has 128 valence electrons. The first-order chi connectivity index (χ1) is 12.2. The lowest BCUT2D eigenvalue weighted by Gasteiger charge is -2.18. The van der Waals surface area contributed by atoms with Crippen molar-refractivity contribution in [3.8, 4) is 28.5 Å². The van der Waals surface area contributed by atoms with E-state index in [0.717, 1.165) is 16.3 Å². The van der Waals surface area contributed by atoms with Crippen molar-refractivity contribution in [2.75, 3.05) is 19.7 Å². The highest BCUT2D eigenvalue weighted by Crippen LogP contribution is 2.26. The fourth-order valence-electron chi connectivity index (χ4n) is 2.21. The number of benzene rings is 1. The van der Waals surface area contributed by atoms with Crippen molar-refractivity contribution in [2.24, 2.45) is 0 Å². The van der Waals surface area contributed by atoms with Gasteiger partial charge in [0.05, 0.1) is 31.6 Å². The van der Waals surface area contributed by atoms with Crippen LogP contribution in [0, 0.1) is 22.7 Å². The molecule has 1 aromatic heterocycles. The van der Waals surface area contributed by atoms with Crippen LogP contribution in [0.25, 0.3) is 10.6 Å². The van der Waals surface area contributed by atoms with Gasteiger partial charge in [-0.25, -0.2) is 4.98 Å². The van der Waals surface area contributed by atoms with E-state index in [1.165, 1.54) is 16.2 Å². The lowest BCUT2D eigenvalue weighted by atomic mass is 10.2. The monoisotopic (exact) mass is 354 g/mol. The van der Waals surface area contributed by atoms with Crippen LogP contribution in [0.15, 0.2) is 29.6 Å². The zero-order chi connectivity index (χ0) is 18.1.